The summed E-state index contributed by atoms with van der Waals surface area (Å²) in [5.74, 6) is -1.31. The molecule has 84 valence electrons. The first-order valence-corrected chi connectivity index (χ1v) is 4.47. The van der Waals surface area contributed by atoms with Crippen LogP contribution >= 0.6 is 0 Å². The lowest BCUT2D eigenvalue weighted by Gasteiger charge is -2.00. The zero-order valence-corrected chi connectivity index (χ0v) is 8.52. The normalized spacial score (nSPS) is 13.1. The number of rotatable bonds is 5. The molecule has 5 heteroatoms. The van der Waals surface area contributed by atoms with Crippen LogP contribution in [0.2, 0.25) is 0 Å². The van der Waals surface area contributed by atoms with Crippen molar-refractivity contribution in [3.8, 4) is 0 Å². The van der Waals surface area contributed by atoms with Crippen LogP contribution in [0.15, 0.2) is 25.3 Å². The maximum absolute atomic E-state index is 10.5. The van der Waals surface area contributed by atoms with E-state index in [1.54, 1.807) is 0 Å². The van der Waals surface area contributed by atoms with E-state index in [1.165, 1.54) is 6.08 Å². The molecular weight excluding hydrogens is 198 g/mol. The summed E-state index contributed by atoms with van der Waals surface area (Å²) in [6, 6.07) is 0. The largest absolute Gasteiger partial charge is 0.478 e. The van der Waals surface area contributed by atoms with E-state index in [4.69, 9.17) is 9.84 Å². The van der Waals surface area contributed by atoms with Crippen molar-refractivity contribution >= 4 is 11.9 Å². The van der Waals surface area contributed by atoms with Crippen molar-refractivity contribution in [2.75, 3.05) is 26.2 Å². The summed E-state index contributed by atoms with van der Waals surface area (Å²) < 4.78 is 4.74. The van der Waals surface area contributed by atoms with E-state index in [1.807, 2.05) is 0 Å². The second-order valence-corrected chi connectivity index (χ2v) is 2.76. The maximum Gasteiger partial charge on any atom is 0.330 e. The van der Waals surface area contributed by atoms with Gasteiger partial charge < -0.3 is 9.84 Å². The van der Waals surface area contributed by atoms with E-state index < -0.39 is 5.97 Å². The molecule has 1 rings (SSSR count). The number of carboxylic acids is 1. The molecule has 0 aromatic heterocycles. The molecule has 1 fully saturated rings. The molecule has 0 amide bonds. The Labute approximate surface area is 88.6 Å². The van der Waals surface area contributed by atoms with Crippen LogP contribution in [0, 0.1) is 0 Å². The highest BCUT2D eigenvalue weighted by molar-refractivity contribution is 5.81. The fourth-order valence-corrected chi connectivity index (χ4v) is 0.629. The van der Waals surface area contributed by atoms with Gasteiger partial charge in [-0.3, -0.25) is 4.90 Å². The van der Waals surface area contributed by atoms with Gasteiger partial charge in [0.05, 0.1) is 0 Å². The van der Waals surface area contributed by atoms with Gasteiger partial charge in [-0.2, -0.15) is 0 Å². The van der Waals surface area contributed by atoms with Gasteiger partial charge >= 0.3 is 11.9 Å². The van der Waals surface area contributed by atoms with Gasteiger partial charge in [-0.15, -0.1) is 0 Å². The Morgan fingerprint density at radius 1 is 1.33 bits per heavy atom. The second kappa shape index (κ2) is 7.75. The molecule has 1 saturated heterocycles. The molecule has 0 aromatic rings. The number of carbonyl (C=O) groups is 2. The van der Waals surface area contributed by atoms with E-state index in [0.29, 0.717) is 6.61 Å². The van der Waals surface area contributed by atoms with Crippen molar-refractivity contribution in [1.29, 1.82) is 0 Å². The molecule has 0 bridgehead atoms. The molecule has 0 saturated carbocycles. The van der Waals surface area contributed by atoms with Crippen LogP contribution in [0.1, 0.15) is 0 Å². The lowest BCUT2D eigenvalue weighted by molar-refractivity contribution is -0.137. The highest BCUT2D eigenvalue weighted by Crippen LogP contribution is 2.00. The van der Waals surface area contributed by atoms with Crippen molar-refractivity contribution in [3.63, 3.8) is 0 Å². The van der Waals surface area contributed by atoms with Crippen LogP contribution in [0.3, 0.4) is 0 Å². The number of carboxylic acid groups (broad SMARTS) is 1. The number of hydrogen-bond acceptors (Lipinski definition) is 4. The zero-order chi connectivity index (χ0) is 11.7. The Morgan fingerprint density at radius 2 is 1.87 bits per heavy atom. The van der Waals surface area contributed by atoms with Gasteiger partial charge in [-0.25, -0.2) is 9.59 Å². The van der Waals surface area contributed by atoms with E-state index >= 15 is 0 Å². The summed E-state index contributed by atoms with van der Waals surface area (Å²) in [6.45, 7) is 9.89. The summed E-state index contributed by atoms with van der Waals surface area (Å²) in [5, 5.41) is 7.60. The summed E-state index contributed by atoms with van der Waals surface area (Å²) in [4.78, 5) is 21.9. The summed E-state index contributed by atoms with van der Waals surface area (Å²) in [7, 11) is 0. The maximum atomic E-state index is 10.5. The van der Waals surface area contributed by atoms with Crippen molar-refractivity contribution in [3.05, 3.63) is 25.3 Å². The zero-order valence-electron chi connectivity index (χ0n) is 8.52. The highest BCUT2D eigenvalue weighted by atomic mass is 16.5. The topological polar surface area (TPSA) is 66.6 Å². The third-order valence-electron chi connectivity index (χ3n) is 1.53. The molecule has 15 heavy (non-hydrogen) atoms. The van der Waals surface area contributed by atoms with Crippen LogP contribution < -0.4 is 0 Å². The molecule has 0 atom stereocenters. The van der Waals surface area contributed by atoms with Gasteiger partial charge in [0.25, 0.3) is 0 Å². The number of nitrogens with zero attached hydrogens (tertiary/aromatic N) is 1. The van der Waals surface area contributed by atoms with Gasteiger partial charge in [0.15, 0.2) is 0 Å². The first kappa shape index (κ1) is 13.4. The molecule has 0 aliphatic carbocycles. The molecule has 1 aliphatic heterocycles. The van der Waals surface area contributed by atoms with Gasteiger partial charge in [0.2, 0.25) is 0 Å². The van der Waals surface area contributed by atoms with Gasteiger partial charge in [0.1, 0.15) is 6.61 Å². The molecule has 1 aliphatic rings. The second-order valence-electron chi connectivity index (χ2n) is 2.76. The molecule has 1 heterocycles. The predicted molar refractivity (Wildman–Crippen MR) is 55.4 cm³/mol. The lowest BCUT2D eigenvalue weighted by atomic mass is 10.6. The number of ether oxygens (including phenoxy) is 1. The van der Waals surface area contributed by atoms with Gasteiger partial charge in [-0.1, -0.05) is 13.2 Å². The molecule has 0 radical (unpaired) electrons. The van der Waals surface area contributed by atoms with Crippen molar-refractivity contribution < 1.29 is 19.4 Å². The third-order valence-corrected chi connectivity index (χ3v) is 1.53. The number of carbonyl (C=O) groups excluding carboxylic acids is 1. The van der Waals surface area contributed by atoms with Crippen molar-refractivity contribution in [2.45, 2.75) is 0 Å². The van der Waals surface area contributed by atoms with E-state index in [-0.39, 0.29) is 5.97 Å². The lowest BCUT2D eigenvalue weighted by Crippen LogP contribution is -2.11. The molecular formula is C10H15NO4. The quantitative estimate of drug-likeness (QED) is 0.404. The molecule has 5 nitrogen and oxygen atoms in total. The summed E-state index contributed by atoms with van der Waals surface area (Å²) in [6.07, 6.45) is 2.02. The van der Waals surface area contributed by atoms with Crippen molar-refractivity contribution in [1.82, 2.24) is 4.90 Å². The van der Waals surface area contributed by atoms with Crippen molar-refractivity contribution in [2.24, 2.45) is 0 Å². The average Bonchev–Trinajstić information content (AvgIpc) is 3.02. The Morgan fingerprint density at radius 3 is 2.20 bits per heavy atom. The van der Waals surface area contributed by atoms with Crippen LogP contribution in [0.5, 0.6) is 0 Å². The van der Waals surface area contributed by atoms with Crippen LogP contribution in [0.4, 0.5) is 0 Å². The average molecular weight is 213 g/mol. The minimum absolute atomic E-state index is 0.332. The number of esters is 1. The molecule has 0 spiro atoms. The highest BCUT2D eigenvalue weighted by Gasteiger charge is 2.16. The first-order chi connectivity index (χ1) is 7.10. The van der Waals surface area contributed by atoms with E-state index in [9.17, 15) is 9.59 Å². The Hall–Kier alpha value is -1.62. The van der Waals surface area contributed by atoms with Crippen LogP contribution in [0.25, 0.3) is 0 Å². The predicted octanol–water partition coefficient (Wildman–Crippen LogP) is 0.288. The fourth-order valence-electron chi connectivity index (χ4n) is 0.629. The Balaban J connectivity index is 0.000000336. The number of hydrogen-bond donors (Lipinski definition) is 1. The minimum atomic E-state index is -0.981. The molecule has 0 unspecified atom stereocenters. The molecule has 1 N–H and O–H groups in total. The minimum Gasteiger partial charge on any atom is -0.478 e. The monoisotopic (exact) mass is 213 g/mol. The first-order valence-electron chi connectivity index (χ1n) is 4.47. The van der Waals surface area contributed by atoms with E-state index in [2.05, 4.69) is 18.1 Å². The van der Waals surface area contributed by atoms with Crippen LogP contribution in [-0.2, 0) is 14.3 Å². The van der Waals surface area contributed by atoms with Gasteiger partial charge in [0, 0.05) is 31.8 Å². The summed E-state index contributed by atoms with van der Waals surface area (Å²) >= 11 is 0. The summed E-state index contributed by atoms with van der Waals surface area (Å²) in [5.41, 5.74) is 0. The SMILES string of the molecule is C=CC(=O)O.C=CC(=O)OCCN1CC1. The van der Waals surface area contributed by atoms with Gasteiger partial charge in [-0.05, 0) is 0 Å². The fraction of sp³-hybridized carbons (Fsp3) is 0.400. The number of aliphatic carboxylic acids is 1. The third kappa shape index (κ3) is 10.3. The van der Waals surface area contributed by atoms with Crippen LogP contribution in [-0.4, -0.2) is 48.2 Å². The standard InChI is InChI=1S/C7H11NO2.C3H4O2/c1-2-7(9)10-6-5-8-3-4-8;1-2-3(4)5/h2H,1,3-6H2;2H,1H2,(H,4,5). The molecule has 0 aromatic carbocycles. The smallest absolute Gasteiger partial charge is 0.330 e. The Bertz CT molecular complexity index is 246. The Kier molecular flexibility index (Phi) is 6.92. The van der Waals surface area contributed by atoms with E-state index in [0.717, 1.165) is 25.7 Å².